The van der Waals surface area contributed by atoms with Gasteiger partial charge in [-0.05, 0) is 49.3 Å². The molecule has 4 heteroatoms. The van der Waals surface area contributed by atoms with Gasteiger partial charge in [-0.2, -0.15) is 5.10 Å². The van der Waals surface area contributed by atoms with Crippen LogP contribution in [-0.4, -0.2) is 17.9 Å². The fourth-order valence-corrected chi connectivity index (χ4v) is 2.76. The quantitative estimate of drug-likeness (QED) is 0.191. The molecule has 1 rings (SSSR count). The summed E-state index contributed by atoms with van der Waals surface area (Å²) in [5.74, 6) is -1.24. The molecule has 1 amide bonds. The van der Waals surface area contributed by atoms with E-state index in [0.29, 0.717) is 24.8 Å². The third-order valence-electron chi connectivity index (χ3n) is 4.05. The van der Waals surface area contributed by atoms with E-state index < -0.39 is 11.7 Å². The Labute approximate surface area is 170 Å². The van der Waals surface area contributed by atoms with E-state index in [1.807, 2.05) is 52.8 Å². The molecule has 0 saturated carbocycles. The van der Waals surface area contributed by atoms with E-state index in [-0.39, 0.29) is 0 Å². The Balaban J connectivity index is 0.00000352. The number of amides is 1. The molecule has 152 valence electrons. The highest BCUT2D eigenvalue weighted by Crippen LogP contribution is 2.20. The number of rotatable bonds is 10. The van der Waals surface area contributed by atoms with E-state index in [1.54, 1.807) is 18.4 Å². The highest BCUT2D eigenvalue weighted by Gasteiger charge is 2.22. The van der Waals surface area contributed by atoms with Crippen LogP contribution in [0.25, 0.3) is 0 Å². The van der Waals surface area contributed by atoms with Crippen LogP contribution in [-0.2, 0) is 17.6 Å². The van der Waals surface area contributed by atoms with Gasteiger partial charge in [-0.15, -0.1) is 0 Å². The van der Waals surface area contributed by atoms with E-state index in [2.05, 4.69) is 23.7 Å². The fraction of sp³-hybridized carbons (Fsp3) is 0.375. The van der Waals surface area contributed by atoms with Gasteiger partial charge in [0.2, 0.25) is 0 Å². The molecule has 0 fully saturated rings. The van der Waals surface area contributed by atoms with Crippen LogP contribution in [0.2, 0.25) is 0 Å². The smallest absolute Gasteiger partial charge is 0.283 e. The zero-order valence-corrected chi connectivity index (χ0v) is 18.0. The third-order valence-corrected chi connectivity index (χ3v) is 4.05. The fourth-order valence-electron chi connectivity index (χ4n) is 2.76. The molecule has 0 spiro atoms. The van der Waals surface area contributed by atoms with Crippen molar-refractivity contribution in [1.29, 1.82) is 0 Å². The Kier molecular flexibility index (Phi) is 12.9. The van der Waals surface area contributed by atoms with Gasteiger partial charge in [-0.3, -0.25) is 9.59 Å². The molecule has 0 atom stereocenters. The van der Waals surface area contributed by atoms with Crippen molar-refractivity contribution in [1.82, 2.24) is 5.43 Å². The number of aryl methyl sites for hydroxylation is 3. The molecule has 0 aromatic heterocycles. The SMILES string of the molecule is C=C/C=C(\C=C)CC/C=N/NC(=O)C(=O)c1c(CC)cc(C)cc1CC.CC. The van der Waals surface area contributed by atoms with Crippen molar-refractivity contribution in [2.75, 3.05) is 0 Å². The largest absolute Gasteiger partial charge is 0.312 e. The highest BCUT2D eigenvalue weighted by atomic mass is 16.2. The van der Waals surface area contributed by atoms with Gasteiger partial charge >= 0.3 is 5.91 Å². The van der Waals surface area contributed by atoms with Crippen molar-refractivity contribution in [3.05, 3.63) is 71.3 Å². The summed E-state index contributed by atoms with van der Waals surface area (Å²) in [7, 11) is 0. The third kappa shape index (κ3) is 7.87. The number of hydrogen-bond acceptors (Lipinski definition) is 3. The Morgan fingerprint density at radius 3 is 2.14 bits per heavy atom. The van der Waals surface area contributed by atoms with Crippen molar-refractivity contribution in [2.24, 2.45) is 5.10 Å². The van der Waals surface area contributed by atoms with Gasteiger partial charge in [-0.25, -0.2) is 5.43 Å². The maximum absolute atomic E-state index is 12.6. The summed E-state index contributed by atoms with van der Waals surface area (Å²) in [5, 5.41) is 3.88. The molecular weight excluding hydrogens is 348 g/mol. The maximum atomic E-state index is 12.6. The molecule has 1 N–H and O–H groups in total. The lowest BCUT2D eigenvalue weighted by Gasteiger charge is -2.12. The van der Waals surface area contributed by atoms with Crippen LogP contribution >= 0.6 is 0 Å². The lowest BCUT2D eigenvalue weighted by atomic mass is 9.92. The average Bonchev–Trinajstić information content (AvgIpc) is 2.72. The first-order valence-electron chi connectivity index (χ1n) is 9.91. The standard InChI is InChI=1S/C22H28N2O2.C2H6/c1-6-11-17(7-2)12-10-13-23-24-22(26)21(25)20-18(8-3)14-16(5)15-19(20)9-4;1-2/h6-7,11,13-15H,1-2,8-10,12H2,3-5H3,(H,24,26);1-2H3/b17-11+,23-13+;. The van der Waals surface area contributed by atoms with Crippen LogP contribution in [0.5, 0.6) is 0 Å². The number of ketones is 1. The van der Waals surface area contributed by atoms with E-state index in [4.69, 9.17) is 0 Å². The molecule has 0 radical (unpaired) electrons. The number of benzene rings is 1. The molecule has 0 bridgehead atoms. The number of carbonyl (C=O) groups is 2. The van der Waals surface area contributed by atoms with E-state index in [9.17, 15) is 9.59 Å². The average molecular weight is 383 g/mol. The van der Waals surface area contributed by atoms with Crippen molar-refractivity contribution < 1.29 is 9.59 Å². The van der Waals surface area contributed by atoms with Crippen LogP contribution in [0.15, 0.2) is 54.2 Å². The first-order valence-corrected chi connectivity index (χ1v) is 9.91. The van der Waals surface area contributed by atoms with Crippen LogP contribution in [0.3, 0.4) is 0 Å². The topological polar surface area (TPSA) is 58.5 Å². The maximum Gasteiger partial charge on any atom is 0.312 e. The van der Waals surface area contributed by atoms with Crippen molar-refractivity contribution in [3.8, 4) is 0 Å². The predicted molar refractivity (Wildman–Crippen MR) is 120 cm³/mol. The second kappa shape index (κ2) is 14.3. The van der Waals surface area contributed by atoms with Crippen LogP contribution < -0.4 is 5.43 Å². The summed E-state index contributed by atoms with van der Waals surface area (Å²) in [4.78, 5) is 24.8. The second-order valence-corrected chi connectivity index (χ2v) is 5.97. The monoisotopic (exact) mass is 382 g/mol. The molecule has 0 unspecified atom stereocenters. The van der Waals surface area contributed by atoms with Gasteiger partial charge in [-0.1, -0.05) is 76.8 Å². The molecule has 1 aromatic rings. The Morgan fingerprint density at radius 2 is 1.68 bits per heavy atom. The number of carbonyl (C=O) groups excluding carboxylic acids is 2. The van der Waals surface area contributed by atoms with E-state index in [0.717, 1.165) is 28.7 Å². The molecule has 0 heterocycles. The number of nitrogens with one attached hydrogen (secondary N) is 1. The number of hydrogen-bond donors (Lipinski definition) is 1. The highest BCUT2D eigenvalue weighted by molar-refractivity contribution is 6.43. The number of allylic oxidation sites excluding steroid dienone is 4. The minimum atomic E-state index is -0.708. The first-order chi connectivity index (χ1) is 13.5. The lowest BCUT2D eigenvalue weighted by molar-refractivity contribution is -0.117. The van der Waals surface area contributed by atoms with Gasteiger partial charge < -0.3 is 0 Å². The number of hydrazone groups is 1. The minimum Gasteiger partial charge on any atom is -0.283 e. The van der Waals surface area contributed by atoms with Gasteiger partial charge in [0.1, 0.15) is 0 Å². The van der Waals surface area contributed by atoms with Gasteiger partial charge in [0.15, 0.2) is 0 Å². The molecule has 0 saturated heterocycles. The van der Waals surface area contributed by atoms with E-state index >= 15 is 0 Å². The summed E-state index contributed by atoms with van der Waals surface area (Å²) in [5.41, 5.74) is 6.78. The zero-order chi connectivity index (χ0) is 21.5. The zero-order valence-electron chi connectivity index (χ0n) is 18.0. The van der Waals surface area contributed by atoms with Crippen molar-refractivity contribution in [2.45, 2.75) is 60.3 Å². The van der Waals surface area contributed by atoms with Crippen LogP contribution in [0.1, 0.15) is 67.6 Å². The molecular formula is C24H34N2O2. The summed E-state index contributed by atoms with van der Waals surface area (Å²) >= 11 is 0. The van der Waals surface area contributed by atoms with Crippen molar-refractivity contribution in [3.63, 3.8) is 0 Å². The molecule has 0 aliphatic rings. The second-order valence-electron chi connectivity index (χ2n) is 5.97. The Hall–Kier alpha value is -2.75. The Bertz CT molecular complexity index is 718. The van der Waals surface area contributed by atoms with Crippen LogP contribution in [0.4, 0.5) is 0 Å². The van der Waals surface area contributed by atoms with E-state index in [1.165, 1.54) is 0 Å². The molecule has 1 aromatic carbocycles. The van der Waals surface area contributed by atoms with Gasteiger partial charge in [0.05, 0.1) is 0 Å². The number of Topliss-reactive ketones (excluding diaryl/α,β-unsaturated/α-hetero) is 1. The van der Waals surface area contributed by atoms with Crippen molar-refractivity contribution >= 4 is 17.9 Å². The number of nitrogens with zero attached hydrogens (tertiary/aromatic N) is 1. The van der Waals surface area contributed by atoms with Gasteiger partial charge in [0.25, 0.3) is 5.78 Å². The lowest BCUT2D eigenvalue weighted by Crippen LogP contribution is -2.29. The molecule has 0 aliphatic heterocycles. The summed E-state index contributed by atoms with van der Waals surface area (Å²) in [6.45, 7) is 17.3. The summed E-state index contributed by atoms with van der Waals surface area (Å²) in [6.07, 6.45) is 9.69. The summed E-state index contributed by atoms with van der Waals surface area (Å²) < 4.78 is 0. The first kappa shape index (κ1) is 25.2. The molecule has 28 heavy (non-hydrogen) atoms. The van der Waals surface area contributed by atoms with Gasteiger partial charge in [0, 0.05) is 11.8 Å². The molecule has 4 nitrogen and oxygen atoms in total. The normalized spacial score (nSPS) is 10.8. The minimum absolute atomic E-state index is 0.510. The Morgan fingerprint density at radius 1 is 1.11 bits per heavy atom. The summed E-state index contributed by atoms with van der Waals surface area (Å²) in [6, 6.07) is 3.93. The molecule has 0 aliphatic carbocycles. The van der Waals surface area contributed by atoms with Crippen LogP contribution in [0, 0.1) is 6.92 Å². The predicted octanol–water partition coefficient (Wildman–Crippen LogP) is 5.51.